The molecule has 2 aromatic rings. The summed E-state index contributed by atoms with van der Waals surface area (Å²) in [4.78, 5) is 35.0. The number of hydrogen-bond donors (Lipinski definition) is 2. The van der Waals surface area contributed by atoms with Gasteiger partial charge in [-0.25, -0.2) is 0 Å². The number of hydrogen-bond acceptors (Lipinski definition) is 5. The normalized spacial score (nSPS) is 22.3. The summed E-state index contributed by atoms with van der Waals surface area (Å²) in [5.74, 6) is -0.898. The third-order valence-electron chi connectivity index (χ3n) is 5.54. The van der Waals surface area contributed by atoms with Gasteiger partial charge in [-0.3, -0.25) is 14.6 Å². The molecule has 2 unspecified atom stereocenters. The first-order valence-corrected chi connectivity index (χ1v) is 9.71. The zero-order chi connectivity index (χ0) is 19.8. The molecule has 2 aliphatic heterocycles. The number of nitrogens with one attached hydrogen (secondary N) is 2. The van der Waals surface area contributed by atoms with Gasteiger partial charge in [0.05, 0.1) is 11.6 Å². The molecule has 7 nitrogen and oxygen atoms in total. The lowest BCUT2D eigenvalue weighted by Gasteiger charge is -2.33. The molecule has 2 N–H and O–H groups in total. The lowest BCUT2D eigenvalue weighted by atomic mass is 9.79. The van der Waals surface area contributed by atoms with Crippen LogP contribution in [0.3, 0.4) is 0 Å². The number of nitriles is 1. The zero-order valence-electron chi connectivity index (χ0n) is 15.4. The molecular formula is C20H20ClN5O2. The van der Waals surface area contributed by atoms with E-state index in [0.29, 0.717) is 28.0 Å². The number of H-pyrrole nitrogens is 1. The molecular weight excluding hydrogens is 378 g/mol. The number of halogens is 1. The smallest absolute Gasteiger partial charge is 0.258 e. The van der Waals surface area contributed by atoms with Gasteiger partial charge in [0.25, 0.3) is 5.56 Å². The predicted octanol–water partition coefficient (Wildman–Crippen LogP) is 2.88. The van der Waals surface area contributed by atoms with E-state index in [9.17, 15) is 14.9 Å². The molecule has 0 aliphatic carbocycles. The molecule has 0 radical (unpaired) electrons. The van der Waals surface area contributed by atoms with E-state index in [-0.39, 0.29) is 11.4 Å². The molecule has 1 fully saturated rings. The average Bonchev–Trinajstić information content (AvgIpc) is 2.67. The highest BCUT2D eigenvalue weighted by Crippen LogP contribution is 2.38. The van der Waals surface area contributed by atoms with Crippen LogP contribution in [0, 0.1) is 23.2 Å². The van der Waals surface area contributed by atoms with Crippen molar-refractivity contribution in [1.29, 1.82) is 5.26 Å². The largest absolute Gasteiger partial charge is 0.342 e. The third-order valence-corrected chi connectivity index (χ3v) is 5.78. The minimum atomic E-state index is -1.03. The van der Waals surface area contributed by atoms with E-state index < -0.39 is 17.7 Å². The van der Waals surface area contributed by atoms with Gasteiger partial charge in [-0.2, -0.15) is 10.2 Å². The van der Waals surface area contributed by atoms with E-state index in [1.807, 2.05) is 11.0 Å². The average molecular weight is 398 g/mol. The van der Waals surface area contributed by atoms with Crippen LogP contribution >= 0.6 is 11.6 Å². The Morgan fingerprint density at radius 2 is 2.04 bits per heavy atom. The Bertz CT molecular complexity index is 1020. The number of piperidine rings is 1. The van der Waals surface area contributed by atoms with E-state index >= 15 is 0 Å². The fourth-order valence-corrected chi connectivity index (χ4v) is 4.13. The topological polar surface area (TPSA) is 102 Å². The summed E-state index contributed by atoms with van der Waals surface area (Å²) >= 11 is 6.11. The molecule has 144 valence electrons. The summed E-state index contributed by atoms with van der Waals surface area (Å²) in [5, 5.41) is 12.7. The van der Waals surface area contributed by atoms with E-state index in [1.165, 1.54) is 0 Å². The second-order valence-electron chi connectivity index (χ2n) is 7.45. The van der Waals surface area contributed by atoms with Crippen LogP contribution in [0.4, 0.5) is 11.8 Å². The Morgan fingerprint density at radius 1 is 1.29 bits per heavy atom. The number of carbonyl (C=O) groups excluding carboxylic acids is 1. The van der Waals surface area contributed by atoms with Crippen LogP contribution in [0.25, 0.3) is 0 Å². The number of rotatable bonds is 2. The fourth-order valence-electron chi connectivity index (χ4n) is 3.93. The molecule has 1 aromatic carbocycles. The van der Waals surface area contributed by atoms with Gasteiger partial charge >= 0.3 is 0 Å². The van der Waals surface area contributed by atoms with Gasteiger partial charge in [0, 0.05) is 24.0 Å². The number of anilines is 2. The van der Waals surface area contributed by atoms with Crippen LogP contribution in [0.1, 0.15) is 36.8 Å². The number of carbonyl (C=O) groups is 1. The Morgan fingerprint density at radius 3 is 2.71 bits per heavy atom. The monoisotopic (exact) mass is 397 g/mol. The first kappa shape index (κ1) is 18.5. The fraction of sp³-hybridized carbons (Fsp3) is 0.400. The van der Waals surface area contributed by atoms with E-state index in [4.69, 9.17) is 11.6 Å². The van der Waals surface area contributed by atoms with Crippen molar-refractivity contribution in [3.8, 4) is 6.07 Å². The molecule has 28 heavy (non-hydrogen) atoms. The molecule has 2 atom stereocenters. The van der Waals surface area contributed by atoms with Crippen LogP contribution < -0.4 is 15.8 Å². The molecule has 3 heterocycles. The molecule has 2 aliphatic rings. The molecule has 0 saturated carbocycles. The lowest BCUT2D eigenvalue weighted by Crippen LogP contribution is -2.40. The Kier molecular flexibility index (Phi) is 4.82. The molecule has 0 spiro atoms. The summed E-state index contributed by atoms with van der Waals surface area (Å²) in [6.45, 7) is 3.81. The standard InChI is InChI=1S/C20H20ClN5O2/c1-11-5-7-26(8-6-11)20-24-17-16(19(28)25-20)15(14(10-22)18(27)23-17)12-3-2-4-13(21)9-12/h2-4,9,11,14-15H,5-8H2,1H3,(H2,23,24,25,27,28). The summed E-state index contributed by atoms with van der Waals surface area (Å²) < 4.78 is 0. The molecule has 1 saturated heterocycles. The van der Waals surface area contributed by atoms with Gasteiger partial charge in [0.1, 0.15) is 11.7 Å². The molecule has 1 aromatic heterocycles. The second-order valence-corrected chi connectivity index (χ2v) is 7.89. The highest BCUT2D eigenvalue weighted by atomic mass is 35.5. The zero-order valence-corrected chi connectivity index (χ0v) is 16.2. The molecule has 0 bridgehead atoms. The minimum Gasteiger partial charge on any atom is -0.342 e. The van der Waals surface area contributed by atoms with E-state index in [1.54, 1.807) is 24.3 Å². The Hall–Kier alpha value is -2.85. The summed E-state index contributed by atoms with van der Waals surface area (Å²) in [7, 11) is 0. The van der Waals surface area contributed by atoms with Crippen molar-refractivity contribution >= 4 is 29.3 Å². The van der Waals surface area contributed by atoms with Crippen molar-refractivity contribution in [1.82, 2.24) is 9.97 Å². The number of aromatic nitrogens is 2. The summed E-state index contributed by atoms with van der Waals surface area (Å²) in [6, 6.07) is 8.92. The highest BCUT2D eigenvalue weighted by molar-refractivity contribution is 6.30. The Balaban J connectivity index is 1.81. The minimum absolute atomic E-state index is 0.221. The maximum absolute atomic E-state index is 13.0. The highest BCUT2D eigenvalue weighted by Gasteiger charge is 2.40. The van der Waals surface area contributed by atoms with Crippen LogP contribution in [-0.4, -0.2) is 29.0 Å². The summed E-state index contributed by atoms with van der Waals surface area (Å²) in [5.41, 5.74) is 0.591. The SMILES string of the molecule is CC1CCN(c2nc3c(c(=O)[nH]2)C(c2cccc(Cl)c2)C(C#N)C(=O)N3)CC1. The first-order chi connectivity index (χ1) is 13.5. The number of benzene rings is 1. The van der Waals surface area contributed by atoms with E-state index in [2.05, 4.69) is 22.2 Å². The predicted molar refractivity (Wildman–Crippen MR) is 106 cm³/mol. The van der Waals surface area contributed by atoms with Gasteiger partial charge in [0.15, 0.2) is 0 Å². The van der Waals surface area contributed by atoms with Crippen LogP contribution in [0.5, 0.6) is 0 Å². The van der Waals surface area contributed by atoms with Gasteiger partial charge in [-0.15, -0.1) is 0 Å². The number of amides is 1. The van der Waals surface area contributed by atoms with Gasteiger partial charge < -0.3 is 10.2 Å². The first-order valence-electron chi connectivity index (χ1n) is 9.33. The summed E-state index contributed by atoms with van der Waals surface area (Å²) in [6.07, 6.45) is 2.05. The number of aromatic amines is 1. The van der Waals surface area contributed by atoms with Crippen LogP contribution in [0.15, 0.2) is 29.1 Å². The van der Waals surface area contributed by atoms with Crippen molar-refractivity contribution in [2.45, 2.75) is 25.7 Å². The van der Waals surface area contributed by atoms with Crippen molar-refractivity contribution in [2.75, 3.05) is 23.3 Å². The number of nitrogens with zero attached hydrogens (tertiary/aromatic N) is 3. The van der Waals surface area contributed by atoms with Gasteiger partial charge in [-0.05, 0) is 36.5 Å². The quantitative estimate of drug-likeness (QED) is 0.811. The van der Waals surface area contributed by atoms with Crippen molar-refractivity contribution in [2.24, 2.45) is 11.8 Å². The number of fused-ring (bicyclic) bond motifs is 1. The van der Waals surface area contributed by atoms with Gasteiger partial charge in [0.2, 0.25) is 11.9 Å². The van der Waals surface area contributed by atoms with Crippen molar-refractivity contribution in [3.05, 3.63) is 50.8 Å². The van der Waals surface area contributed by atoms with Crippen molar-refractivity contribution < 1.29 is 4.79 Å². The molecule has 4 rings (SSSR count). The maximum atomic E-state index is 13.0. The van der Waals surface area contributed by atoms with Crippen LogP contribution in [-0.2, 0) is 4.79 Å². The Labute approximate surface area is 167 Å². The van der Waals surface area contributed by atoms with Crippen molar-refractivity contribution in [3.63, 3.8) is 0 Å². The van der Waals surface area contributed by atoms with Crippen LogP contribution in [0.2, 0.25) is 5.02 Å². The second kappa shape index (κ2) is 7.28. The lowest BCUT2D eigenvalue weighted by molar-refractivity contribution is -0.119. The molecule has 1 amide bonds. The third kappa shape index (κ3) is 3.25. The maximum Gasteiger partial charge on any atom is 0.258 e. The van der Waals surface area contributed by atoms with E-state index in [0.717, 1.165) is 25.9 Å². The van der Waals surface area contributed by atoms with Gasteiger partial charge in [-0.1, -0.05) is 30.7 Å². The molecule has 8 heteroatoms.